The number of hydrogen-bond acceptors (Lipinski definition) is 4. The van der Waals surface area contributed by atoms with Crippen LogP contribution in [0.4, 0.5) is 5.69 Å². The Balaban J connectivity index is 2.10. The zero-order chi connectivity index (χ0) is 13.1. The summed E-state index contributed by atoms with van der Waals surface area (Å²) in [7, 11) is 0. The lowest BCUT2D eigenvalue weighted by molar-refractivity contribution is -0.384. The van der Waals surface area contributed by atoms with Gasteiger partial charge in [-0.1, -0.05) is 12.1 Å². The predicted molar refractivity (Wildman–Crippen MR) is 67.2 cm³/mol. The summed E-state index contributed by atoms with van der Waals surface area (Å²) >= 11 is 0. The molecule has 1 aromatic carbocycles. The highest BCUT2D eigenvalue weighted by molar-refractivity contribution is 5.33. The molecule has 1 unspecified atom stereocenters. The van der Waals surface area contributed by atoms with Gasteiger partial charge in [-0.15, -0.1) is 0 Å². The molecule has 1 aromatic heterocycles. The van der Waals surface area contributed by atoms with Crippen molar-refractivity contribution < 1.29 is 9.34 Å². The van der Waals surface area contributed by atoms with Crippen LogP contribution in [0.15, 0.2) is 41.0 Å². The van der Waals surface area contributed by atoms with Crippen LogP contribution in [0.25, 0.3) is 0 Å². The minimum absolute atomic E-state index is 0.0847. The van der Waals surface area contributed by atoms with E-state index in [9.17, 15) is 10.1 Å². The highest BCUT2D eigenvalue weighted by Crippen LogP contribution is 2.21. The Kier molecular flexibility index (Phi) is 3.43. The Bertz CT molecular complexity index is 546. The van der Waals surface area contributed by atoms with Crippen molar-refractivity contribution in [3.8, 4) is 0 Å². The number of furan rings is 1. The van der Waals surface area contributed by atoms with Gasteiger partial charge in [-0.2, -0.15) is 0 Å². The monoisotopic (exact) mass is 246 g/mol. The van der Waals surface area contributed by atoms with Crippen molar-refractivity contribution in [1.82, 2.24) is 0 Å². The zero-order valence-electron chi connectivity index (χ0n) is 10.00. The Morgan fingerprint density at radius 1 is 1.33 bits per heavy atom. The lowest BCUT2D eigenvalue weighted by Crippen LogP contribution is -2.13. The molecule has 1 heterocycles. The van der Waals surface area contributed by atoms with Crippen molar-refractivity contribution in [1.29, 1.82) is 0 Å². The SMILES string of the molecule is Cc1ccoc1C(N)Cc1ccc([N+](=O)[O-])cc1. The third kappa shape index (κ3) is 2.57. The molecule has 0 radical (unpaired) electrons. The van der Waals surface area contributed by atoms with Gasteiger partial charge in [0.05, 0.1) is 17.2 Å². The smallest absolute Gasteiger partial charge is 0.269 e. The molecule has 0 aliphatic rings. The van der Waals surface area contributed by atoms with Crippen molar-refractivity contribution in [3.63, 3.8) is 0 Å². The zero-order valence-corrected chi connectivity index (χ0v) is 10.00. The van der Waals surface area contributed by atoms with E-state index in [1.807, 2.05) is 13.0 Å². The Morgan fingerprint density at radius 3 is 2.50 bits per heavy atom. The maximum Gasteiger partial charge on any atom is 0.269 e. The highest BCUT2D eigenvalue weighted by Gasteiger charge is 2.13. The third-order valence-electron chi connectivity index (χ3n) is 2.84. The summed E-state index contributed by atoms with van der Waals surface area (Å²) in [5.74, 6) is 0.758. The van der Waals surface area contributed by atoms with Crippen molar-refractivity contribution in [2.45, 2.75) is 19.4 Å². The number of aryl methyl sites for hydroxylation is 1. The van der Waals surface area contributed by atoms with Gasteiger partial charge in [0, 0.05) is 12.1 Å². The van der Waals surface area contributed by atoms with Gasteiger partial charge in [-0.05, 0) is 30.5 Å². The molecule has 0 amide bonds. The van der Waals surface area contributed by atoms with E-state index in [1.54, 1.807) is 18.4 Å². The van der Waals surface area contributed by atoms with Crippen LogP contribution in [0, 0.1) is 17.0 Å². The lowest BCUT2D eigenvalue weighted by Gasteiger charge is -2.09. The van der Waals surface area contributed by atoms with Gasteiger partial charge in [0.2, 0.25) is 0 Å². The predicted octanol–water partition coefficient (Wildman–Crippen LogP) is 2.74. The average molecular weight is 246 g/mol. The number of nitro groups is 1. The lowest BCUT2D eigenvalue weighted by atomic mass is 10.0. The molecule has 5 nitrogen and oxygen atoms in total. The summed E-state index contributed by atoms with van der Waals surface area (Å²) in [6.07, 6.45) is 2.20. The second-order valence-corrected chi connectivity index (χ2v) is 4.20. The van der Waals surface area contributed by atoms with Crippen LogP contribution < -0.4 is 5.73 Å². The number of nitrogens with zero attached hydrogens (tertiary/aromatic N) is 1. The summed E-state index contributed by atoms with van der Waals surface area (Å²) in [5, 5.41) is 10.5. The number of hydrogen-bond donors (Lipinski definition) is 1. The van der Waals surface area contributed by atoms with Gasteiger partial charge in [-0.25, -0.2) is 0 Å². The van der Waals surface area contributed by atoms with E-state index in [2.05, 4.69) is 0 Å². The summed E-state index contributed by atoms with van der Waals surface area (Å²) in [6, 6.07) is 8.03. The molecule has 18 heavy (non-hydrogen) atoms. The van der Waals surface area contributed by atoms with Crippen LogP contribution in [0.2, 0.25) is 0 Å². The van der Waals surface area contributed by atoms with Crippen LogP contribution in [0.3, 0.4) is 0 Å². The standard InChI is InChI=1S/C13H14N2O3/c1-9-6-7-18-13(9)12(14)8-10-2-4-11(5-3-10)15(16)17/h2-7,12H,8,14H2,1H3. The van der Waals surface area contributed by atoms with E-state index in [0.29, 0.717) is 6.42 Å². The first kappa shape index (κ1) is 12.3. The topological polar surface area (TPSA) is 82.3 Å². The Morgan fingerprint density at radius 2 is 2.00 bits per heavy atom. The summed E-state index contributed by atoms with van der Waals surface area (Å²) in [6.45, 7) is 1.94. The number of benzene rings is 1. The Hall–Kier alpha value is -2.14. The van der Waals surface area contributed by atoms with Gasteiger partial charge in [0.25, 0.3) is 5.69 Å². The molecule has 0 aliphatic heterocycles. The fraction of sp³-hybridized carbons (Fsp3) is 0.231. The van der Waals surface area contributed by atoms with Crippen LogP contribution in [0.5, 0.6) is 0 Å². The average Bonchev–Trinajstić information content (AvgIpc) is 2.76. The number of rotatable bonds is 4. The van der Waals surface area contributed by atoms with Crippen LogP contribution in [-0.2, 0) is 6.42 Å². The van der Waals surface area contributed by atoms with E-state index in [4.69, 9.17) is 10.2 Å². The molecule has 0 fully saturated rings. The van der Waals surface area contributed by atoms with E-state index < -0.39 is 4.92 Å². The molecular formula is C13H14N2O3. The second-order valence-electron chi connectivity index (χ2n) is 4.20. The molecule has 0 bridgehead atoms. The normalized spacial score (nSPS) is 12.3. The van der Waals surface area contributed by atoms with Gasteiger partial charge >= 0.3 is 0 Å². The van der Waals surface area contributed by atoms with E-state index in [-0.39, 0.29) is 11.7 Å². The van der Waals surface area contributed by atoms with Crippen molar-refractivity contribution >= 4 is 5.69 Å². The first-order chi connectivity index (χ1) is 8.58. The van der Waals surface area contributed by atoms with Crippen LogP contribution >= 0.6 is 0 Å². The summed E-state index contributed by atoms with van der Waals surface area (Å²) in [4.78, 5) is 10.1. The molecule has 0 saturated heterocycles. The molecule has 2 rings (SSSR count). The minimum atomic E-state index is -0.416. The molecule has 2 aromatic rings. The minimum Gasteiger partial charge on any atom is -0.467 e. The van der Waals surface area contributed by atoms with Crippen LogP contribution in [-0.4, -0.2) is 4.92 Å². The maximum atomic E-state index is 10.5. The maximum absolute atomic E-state index is 10.5. The first-order valence-electron chi connectivity index (χ1n) is 5.61. The first-order valence-corrected chi connectivity index (χ1v) is 5.61. The molecule has 5 heteroatoms. The molecule has 2 N–H and O–H groups in total. The van der Waals surface area contributed by atoms with Gasteiger partial charge < -0.3 is 10.2 Å². The fourth-order valence-corrected chi connectivity index (χ4v) is 1.86. The van der Waals surface area contributed by atoms with E-state index >= 15 is 0 Å². The van der Waals surface area contributed by atoms with Gasteiger partial charge in [-0.3, -0.25) is 10.1 Å². The van der Waals surface area contributed by atoms with E-state index in [1.165, 1.54) is 12.1 Å². The molecule has 1 atom stereocenters. The number of nitro benzene ring substituents is 1. The number of non-ortho nitro benzene ring substituents is 1. The van der Waals surface area contributed by atoms with Gasteiger partial charge in [0.15, 0.2) is 0 Å². The molecule has 0 spiro atoms. The quantitative estimate of drug-likeness (QED) is 0.664. The molecule has 0 saturated carbocycles. The summed E-state index contributed by atoms with van der Waals surface area (Å²) in [5.41, 5.74) is 8.09. The van der Waals surface area contributed by atoms with Gasteiger partial charge in [0.1, 0.15) is 5.76 Å². The van der Waals surface area contributed by atoms with E-state index in [0.717, 1.165) is 16.9 Å². The molecular weight excluding hydrogens is 232 g/mol. The van der Waals surface area contributed by atoms with Crippen molar-refractivity contribution in [2.24, 2.45) is 5.73 Å². The largest absolute Gasteiger partial charge is 0.467 e. The highest BCUT2D eigenvalue weighted by atomic mass is 16.6. The fourth-order valence-electron chi connectivity index (χ4n) is 1.86. The summed E-state index contributed by atoms with van der Waals surface area (Å²) < 4.78 is 5.33. The van der Waals surface area contributed by atoms with Crippen molar-refractivity contribution in [3.05, 3.63) is 63.6 Å². The Labute approximate surface area is 104 Å². The van der Waals surface area contributed by atoms with Crippen molar-refractivity contribution in [2.75, 3.05) is 0 Å². The molecule has 94 valence electrons. The second kappa shape index (κ2) is 5.01. The molecule has 0 aliphatic carbocycles. The third-order valence-corrected chi connectivity index (χ3v) is 2.84. The van der Waals surface area contributed by atoms with Crippen LogP contribution in [0.1, 0.15) is 22.9 Å². The number of nitrogens with two attached hydrogens (primary N) is 1.